The summed E-state index contributed by atoms with van der Waals surface area (Å²) in [7, 11) is 0. The maximum atomic E-state index is 12.4. The van der Waals surface area contributed by atoms with Crippen LogP contribution in [0, 0.1) is 5.92 Å². The lowest BCUT2D eigenvalue weighted by molar-refractivity contribution is 0.181. The minimum Gasteiger partial charge on any atom is -0.365 e. The summed E-state index contributed by atoms with van der Waals surface area (Å²) in [4.78, 5) is 23.2. The first-order valence-corrected chi connectivity index (χ1v) is 12.9. The molecule has 6 nitrogen and oxygen atoms in total. The number of fused-ring (bicyclic) bond motifs is 2. The highest BCUT2D eigenvalue weighted by molar-refractivity contribution is 5.96. The quantitative estimate of drug-likeness (QED) is 0.764. The average Bonchev–Trinajstić information content (AvgIpc) is 3.50. The number of urea groups is 1. The second-order valence-electron chi connectivity index (χ2n) is 10.5. The Bertz CT molecular complexity index is 956. The number of hydrogen-bond acceptors (Lipinski definition) is 3. The Labute approximate surface area is 191 Å². The lowest BCUT2D eigenvalue weighted by atomic mass is 9.84. The molecule has 2 amide bonds. The number of likely N-dealkylation sites (tertiary alicyclic amines) is 1. The molecule has 0 bridgehead atoms. The maximum Gasteiger partial charge on any atom is 0.317 e. The Morgan fingerprint density at radius 1 is 1.06 bits per heavy atom. The van der Waals surface area contributed by atoms with Crippen LogP contribution in [-0.4, -0.2) is 72.2 Å². The molecule has 1 unspecified atom stereocenters. The molecule has 0 spiro atoms. The molecule has 0 radical (unpaired) electrons. The van der Waals surface area contributed by atoms with Crippen LogP contribution < -0.4 is 10.2 Å². The van der Waals surface area contributed by atoms with Gasteiger partial charge in [0.2, 0.25) is 0 Å². The summed E-state index contributed by atoms with van der Waals surface area (Å²) in [6.07, 6.45) is 11.9. The van der Waals surface area contributed by atoms with Gasteiger partial charge in [-0.25, -0.2) is 4.79 Å². The smallest absolute Gasteiger partial charge is 0.317 e. The van der Waals surface area contributed by atoms with Crippen molar-refractivity contribution < 1.29 is 4.79 Å². The van der Waals surface area contributed by atoms with E-state index in [0.29, 0.717) is 12.1 Å². The van der Waals surface area contributed by atoms with Gasteiger partial charge in [-0.3, -0.25) is 4.90 Å². The number of carbonyl (C=O) groups excluding carboxylic acids is 1. The monoisotopic (exact) mass is 435 g/mol. The van der Waals surface area contributed by atoms with Crippen molar-refractivity contribution >= 4 is 22.6 Å². The number of piperazine rings is 1. The summed E-state index contributed by atoms with van der Waals surface area (Å²) in [5.74, 6) is 0.823. The Morgan fingerprint density at radius 3 is 2.75 bits per heavy atom. The van der Waals surface area contributed by atoms with Gasteiger partial charge in [0.25, 0.3) is 0 Å². The lowest BCUT2D eigenvalue weighted by Crippen LogP contribution is -2.55. The third-order valence-electron chi connectivity index (χ3n) is 8.52. The predicted molar refractivity (Wildman–Crippen MR) is 129 cm³/mol. The van der Waals surface area contributed by atoms with Gasteiger partial charge in [-0.1, -0.05) is 6.07 Å². The van der Waals surface area contributed by atoms with Crippen molar-refractivity contribution in [3.8, 4) is 0 Å². The van der Waals surface area contributed by atoms with E-state index < -0.39 is 0 Å². The van der Waals surface area contributed by atoms with Crippen molar-refractivity contribution in [3.63, 3.8) is 0 Å². The molecular formula is C26H37N5O. The van der Waals surface area contributed by atoms with Crippen molar-refractivity contribution in [1.29, 1.82) is 0 Å². The minimum atomic E-state index is 0.178. The molecule has 32 heavy (non-hydrogen) atoms. The summed E-state index contributed by atoms with van der Waals surface area (Å²) >= 11 is 0. The largest absolute Gasteiger partial charge is 0.365 e. The maximum absolute atomic E-state index is 12.4. The molecular weight excluding hydrogens is 398 g/mol. The van der Waals surface area contributed by atoms with E-state index in [1.807, 2.05) is 4.90 Å². The van der Waals surface area contributed by atoms with Crippen LogP contribution in [0.25, 0.3) is 10.9 Å². The molecule has 1 aliphatic carbocycles. The number of carbonyl (C=O) groups is 1. The Kier molecular flexibility index (Phi) is 5.49. The zero-order chi connectivity index (χ0) is 21.5. The fraction of sp³-hybridized carbons (Fsp3) is 0.654. The Balaban J connectivity index is 0.972. The highest BCUT2D eigenvalue weighted by atomic mass is 16.2. The molecule has 6 rings (SSSR count). The number of hydrogen-bond donors (Lipinski definition) is 2. The van der Waals surface area contributed by atoms with Crippen LogP contribution in [-0.2, 0) is 6.42 Å². The first-order chi connectivity index (χ1) is 15.7. The minimum absolute atomic E-state index is 0.178. The normalized spacial score (nSPS) is 28.2. The molecule has 1 aromatic heterocycles. The number of H-pyrrole nitrogens is 1. The number of benzene rings is 1. The molecule has 1 saturated carbocycles. The molecule has 1 atom stereocenters. The topological polar surface area (TPSA) is 54.6 Å². The average molecular weight is 436 g/mol. The molecule has 172 valence electrons. The van der Waals surface area contributed by atoms with Crippen molar-refractivity contribution in [2.75, 3.05) is 44.2 Å². The van der Waals surface area contributed by atoms with E-state index in [-0.39, 0.29) is 6.03 Å². The molecule has 4 aliphatic rings. The van der Waals surface area contributed by atoms with Crippen molar-refractivity contribution in [1.82, 2.24) is 20.1 Å². The third kappa shape index (κ3) is 3.87. The van der Waals surface area contributed by atoms with Crippen LogP contribution in [0.2, 0.25) is 0 Å². The molecule has 2 aromatic rings. The zero-order valence-corrected chi connectivity index (χ0v) is 19.2. The van der Waals surface area contributed by atoms with Gasteiger partial charge in [0.05, 0.1) is 0 Å². The van der Waals surface area contributed by atoms with Gasteiger partial charge in [0.1, 0.15) is 0 Å². The van der Waals surface area contributed by atoms with E-state index in [4.69, 9.17) is 0 Å². The van der Waals surface area contributed by atoms with Gasteiger partial charge >= 0.3 is 6.03 Å². The second kappa shape index (κ2) is 8.62. The van der Waals surface area contributed by atoms with E-state index in [1.54, 1.807) is 0 Å². The summed E-state index contributed by atoms with van der Waals surface area (Å²) in [5.41, 5.74) is 4.21. The number of aromatic amines is 1. The summed E-state index contributed by atoms with van der Waals surface area (Å²) in [6.45, 7) is 6.61. The van der Waals surface area contributed by atoms with Gasteiger partial charge in [0, 0.05) is 67.6 Å². The van der Waals surface area contributed by atoms with Gasteiger partial charge < -0.3 is 20.1 Å². The molecule has 2 N–H and O–H groups in total. The van der Waals surface area contributed by atoms with Crippen LogP contribution in [0.15, 0.2) is 24.4 Å². The highest BCUT2D eigenvalue weighted by Crippen LogP contribution is 2.38. The molecule has 3 fully saturated rings. The predicted octanol–water partition coefficient (Wildman–Crippen LogP) is 3.97. The number of nitrogens with one attached hydrogen (secondary N) is 2. The Morgan fingerprint density at radius 2 is 1.91 bits per heavy atom. The van der Waals surface area contributed by atoms with Crippen molar-refractivity contribution in [2.24, 2.45) is 5.92 Å². The summed E-state index contributed by atoms with van der Waals surface area (Å²) < 4.78 is 0. The number of nitrogens with zero attached hydrogens (tertiary/aromatic N) is 3. The van der Waals surface area contributed by atoms with Crippen molar-refractivity contribution in [2.45, 2.75) is 63.5 Å². The van der Waals surface area contributed by atoms with E-state index in [9.17, 15) is 4.79 Å². The van der Waals surface area contributed by atoms with E-state index in [0.717, 1.165) is 57.7 Å². The summed E-state index contributed by atoms with van der Waals surface area (Å²) in [5, 5.41) is 4.75. The molecule has 1 aromatic carbocycles. The second-order valence-corrected chi connectivity index (χ2v) is 10.5. The van der Waals surface area contributed by atoms with Crippen LogP contribution in [0.3, 0.4) is 0 Å². The van der Waals surface area contributed by atoms with Gasteiger partial charge in [-0.05, 0) is 81.5 Å². The number of anilines is 1. The molecule has 6 heteroatoms. The zero-order valence-electron chi connectivity index (χ0n) is 19.2. The van der Waals surface area contributed by atoms with Crippen LogP contribution in [0.4, 0.5) is 10.5 Å². The first-order valence-electron chi connectivity index (χ1n) is 12.9. The van der Waals surface area contributed by atoms with Crippen molar-refractivity contribution in [3.05, 3.63) is 30.0 Å². The molecule has 3 aliphatic heterocycles. The number of amides is 2. The standard InChI is InChI=1S/C26H37N5O/c32-26(30-11-1-2-12-30)28-21-8-6-19(7-9-21)10-13-29-14-15-31-22(18-29)16-20-17-27-23-4-3-5-24(31)25(20)23/h3-5,17,19,21-22,27H,1-2,6-16,18H2,(H,28,32)/t19-,21-,22?. The highest BCUT2D eigenvalue weighted by Gasteiger charge is 2.33. The van der Waals surface area contributed by atoms with Gasteiger partial charge in [0.15, 0.2) is 0 Å². The van der Waals surface area contributed by atoms with Crippen LogP contribution in [0.1, 0.15) is 50.5 Å². The van der Waals surface area contributed by atoms with Crippen LogP contribution >= 0.6 is 0 Å². The van der Waals surface area contributed by atoms with Gasteiger partial charge in [-0.2, -0.15) is 0 Å². The number of rotatable bonds is 4. The molecule has 2 saturated heterocycles. The van der Waals surface area contributed by atoms with E-state index >= 15 is 0 Å². The first kappa shape index (κ1) is 20.4. The molecule has 4 heterocycles. The van der Waals surface area contributed by atoms with E-state index in [1.165, 1.54) is 61.1 Å². The van der Waals surface area contributed by atoms with E-state index in [2.05, 4.69) is 44.5 Å². The summed E-state index contributed by atoms with van der Waals surface area (Å²) in [6, 6.07) is 7.87. The number of aromatic nitrogens is 1. The fourth-order valence-corrected chi connectivity index (χ4v) is 6.65. The fourth-order valence-electron chi connectivity index (χ4n) is 6.65. The SMILES string of the molecule is O=C(N[C@H]1CC[C@H](CCN2CCN3c4cccc5[nH]cc(c45)CC3C2)CC1)N1CCCC1. The van der Waals surface area contributed by atoms with Crippen LogP contribution in [0.5, 0.6) is 0 Å². The lowest BCUT2D eigenvalue weighted by Gasteiger charge is -2.45. The third-order valence-corrected chi connectivity index (χ3v) is 8.52. The Hall–Kier alpha value is -2.21. The van der Waals surface area contributed by atoms with Gasteiger partial charge in [-0.15, -0.1) is 0 Å².